The van der Waals surface area contributed by atoms with Gasteiger partial charge in [0.1, 0.15) is 5.54 Å². The Morgan fingerprint density at radius 2 is 1.89 bits per heavy atom. The van der Waals surface area contributed by atoms with Gasteiger partial charge in [-0.15, -0.1) is 11.3 Å². The van der Waals surface area contributed by atoms with Gasteiger partial charge in [0, 0.05) is 9.75 Å². The number of carbonyl (C=O) groups is 2. The molecule has 0 spiro atoms. The lowest BCUT2D eigenvalue weighted by Gasteiger charge is -2.28. The number of carboxylic acid groups (broad SMARTS) is 1. The molecule has 1 aromatic heterocycles. The predicted octanol–water partition coefficient (Wildman–Crippen LogP) is 2.74. The van der Waals surface area contributed by atoms with E-state index in [0.717, 1.165) is 9.75 Å². The first kappa shape index (κ1) is 14.7. The molecule has 0 unspecified atom stereocenters. The first-order valence-corrected chi connectivity index (χ1v) is 6.81. The third-order valence-corrected chi connectivity index (χ3v) is 4.22. The van der Waals surface area contributed by atoms with Gasteiger partial charge in [0.2, 0.25) is 0 Å². The fraction of sp³-hybridized carbons (Fsp3) is 0.538. The van der Waals surface area contributed by atoms with Crippen LogP contribution in [0.5, 0.6) is 0 Å². The summed E-state index contributed by atoms with van der Waals surface area (Å²) in [4.78, 5) is 25.4. The molecule has 100 valence electrons. The number of aryl methyl sites for hydroxylation is 2. The van der Waals surface area contributed by atoms with Crippen molar-refractivity contribution in [3.63, 3.8) is 0 Å². The maximum atomic E-state index is 12.1. The van der Waals surface area contributed by atoms with Crippen LogP contribution >= 0.6 is 11.3 Å². The molecule has 0 aliphatic rings. The van der Waals surface area contributed by atoms with Crippen LogP contribution in [0, 0.1) is 13.8 Å². The molecule has 1 heterocycles. The molecule has 0 fully saturated rings. The summed E-state index contributed by atoms with van der Waals surface area (Å²) in [5.74, 6) is -1.28. The molecule has 4 nitrogen and oxygen atoms in total. The van der Waals surface area contributed by atoms with Crippen molar-refractivity contribution in [1.82, 2.24) is 5.32 Å². The zero-order valence-corrected chi connectivity index (χ0v) is 12.0. The lowest BCUT2D eigenvalue weighted by atomic mass is 9.92. The number of carbonyl (C=O) groups excluding carboxylic acids is 1. The van der Waals surface area contributed by atoms with E-state index in [9.17, 15) is 14.7 Å². The Labute approximate surface area is 111 Å². The second-order valence-electron chi connectivity index (χ2n) is 4.38. The zero-order valence-electron chi connectivity index (χ0n) is 11.2. The largest absolute Gasteiger partial charge is 0.480 e. The van der Waals surface area contributed by atoms with E-state index in [0.29, 0.717) is 18.4 Å². The average molecular weight is 269 g/mol. The number of nitrogens with one attached hydrogen (secondary N) is 1. The van der Waals surface area contributed by atoms with E-state index in [4.69, 9.17) is 0 Å². The third kappa shape index (κ3) is 2.72. The molecular formula is C13H19NO3S. The quantitative estimate of drug-likeness (QED) is 0.863. The molecule has 2 N–H and O–H groups in total. The second-order valence-corrected chi connectivity index (χ2v) is 5.84. The van der Waals surface area contributed by atoms with Gasteiger partial charge in [0.05, 0.1) is 5.56 Å². The highest BCUT2D eigenvalue weighted by atomic mass is 32.1. The highest BCUT2D eigenvalue weighted by molar-refractivity contribution is 7.12. The Bertz CT molecular complexity index is 461. The molecule has 5 heteroatoms. The standard InChI is InChI=1S/C13H19NO3S/c1-5-13(6-2,12(16)17)14-11(15)10-7-8(3)18-9(10)4/h7H,5-6H2,1-4H3,(H,14,15)(H,16,17). The fourth-order valence-corrected chi connectivity index (χ4v) is 2.84. The highest BCUT2D eigenvalue weighted by Gasteiger charge is 2.36. The highest BCUT2D eigenvalue weighted by Crippen LogP contribution is 2.22. The topological polar surface area (TPSA) is 66.4 Å². The number of amides is 1. The Kier molecular flexibility index (Phi) is 4.51. The Hall–Kier alpha value is -1.36. The first-order chi connectivity index (χ1) is 8.36. The molecular weight excluding hydrogens is 250 g/mol. The van der Waals surface area contributed by atoms with Crippen molar-refractivity contribution >= 4 is 23.2 Å². The van der Waals surface area contributed by atoms with Gasteiger partial charge in [-0.1, -0.05) is 13.8 Å². The number of thiophene rings is 1. The normalized spacial score (nSPS) is 11.3. The maximum absolute atomic E-state index is 12.1. The van der Waals surface area contributed by atoms with Crippen molar-refractivity contribution in [3.05, 3.63) is 21.4 Å². The lowest BCUT2D eigenvalue weighted by molar-refractivity contribution is -0.144. The molecule has 0 bridgehead atoms. The Balaban J connectivity index is 2.99. The summed E-state index contributed by atoms with van der Waals surface area (Å²) in [6.07, 6.45) is 0.736. The van der Waals surface area contributed by atoms with Gasteiger partial charge in [-0.25, -0.2) is 4.79 Å². The van der Waals surface area contributed by atoms with Crippen LogP contribution in [0.25, 0.3) is 0 Å². The Morgan fingerprint density at radius 1 is 1.33 bits per heavy atom. The molecule has 1 rings (SSSR count). The summed E-state index contributed by atoms with van der Waals surface area (Å²) in [7, 11) is 0. The van der Waals surface area contributed by atoms with Crippen molar-refractivity contribution in [2.75, 3.05) is 0 Å². The van der Waals surface area contributed by atoms with Crippen LogP contribution in [-0.2, 0) is 4.79 Å². The van der Waals surface area contributed by atoms with Crippen LogP contribution in [0.15, 0.2) is 6.07 Å². The van der Waals surface area contributed by atoms with Gasteiger partial charge in [-0.3, -0.25) is 4.79 Å². The maximum Gasteiger partial charge on any atom is 0.329 e. The summed E-state index contributed by atoms with van der Waals surface area (Å²) >= 11 is 1.54. The molecule has 0 saturated carbocycles. The monoisotopic (exact) mass is 269 g/mol. The molecule has 0 saturated heterocycles. The summed E-state index contributed by atoms with van der Waals surface area (Å²) < 4.78 is 0. The first-order valence-electron chi connectivity index (χ1n) is 5.99. The van der Waals surface area contributed by atoms with Crippen LogP contribution in [0.3, 0.4) is 0 Å². The van der Waals surface area contributed by atoms with E-state index in [1.54, 1.807) is 19.9 Å². The van der Waals surface area contributed by atoms with E-state index < -0.39 is 11.5 Å². The van der Waals surface area contributed by atoms with Crippen LogP contribution in [0.1, 0.15) is 46.8 Å². The molecule has 18 heavy (non-hydrogen) atoms. The molecule has 1 amide bonds. The fourth-order valence-electron chi connectivity index (χ4n) is 1.92. The van der Waals surface area contributed by atoms with E-state index in [2.05, 4.69) is 5.32 Å². The SMILES string of the molecule is CCC(CC)(NC(=O)c1cc(C)sc1C)C(=O)O. The molecule has 0 aromatic carbocycles. The summed E-state index contributed by atoms with van der Waals surface area (Å²) in [5, 5.41) is 11.9. The van der Waals surface area contributed by atoms with Gasteiger partial charge >= 0.3 is 5.97 Å². The average Bonchev–Trinajstić information content (AvgIpc) is 2.65. The number of carboxylic acids is 1. The van der Waals surface area contributed by atoms with Gasteiger partial charge < -0.3 is 10.4 Å². The van der Waals surface area contributed by atoms with Crippen LogP contribution in [0.2, 0.25) is 0 Å². The van der Waals surface area contributed by atoms with E-state index in [1.165, 1.54) is 11.3 Å². The van der Waals surface area contributed by atoms with Gasteiger partial charge in [-0.2, -0.15) is 0 Å². The van der Waals surface area contributed by atoms with Gasteiger partial charge in [0.15, 0.2) is 0 Å². The molecule has 0 aliphatic heterocycles. The van der Waals surface area contributed by atoms with Crippen molar-refractivity contribution < 1.29 is 14.7 Å². The molecule has 0 radical (unpaired) electrons. The smallest absolute Gasteiger partial charge is 0.329 e. The van der Waals surface area contributed by atoms with Crippen molar-refractivity contribution in [2.24, 2.45) is 0 Å². The number of hydrogen-bond donors (Lipinski definition) is 2. The number of hydrogen-bond acceptors (Lipinski definition) is 3. The molecule has 0 atom stereocenters. The molecule has 1 aromatic rings. The van der Waals surface area contributed by atoms with Crippen molar-refractivity contribution in [2.45, 2.75) is 46.1 Å². The van der Waals surface area contributed by atoms with Gasteiger partial charge in [0.25, 0.3) is 5.91 Å². The summed E-state index contributed by atoms with van der Waals surface area (Å²) in [6.45, 7) is 7.33. The number of rotatable bonds is 5. The lowest BCUT2D eigenvalue weighted by Crippen LogP contribution is -2.53. The van der Waals surface area contributed by atoms with Crippen molar-refractivity contribution in [1.29, 1.82) is 0 Å². The second kappa shape index (κ2) is 5.52. The third-order valence-electron chi connectivity index (χ3n) is 3.25. The van der Waals surface area contributed by atoms with E-state index >= 15 is 0 Å². The molecule has 0 aliphatic carbocycles. The van der Waals surface area contributed by atoms with Crippen LogP contribution in [0.4, 0.5) is 0 Å². The van der Waals surface area contributed by atoms with Crippen LogP contribution < -0.4 is 5.32 Å². The van der Waals surface area contributed by atoms with E-state index in [1.807, 2.05) is 13.8 Å². The Morgan fingerprint density at radius 3 is 2.22 bits per heavy atom. The van der Waals surface area contributed by atoms with Crippen molar-refractivity contribution in [3.8, 4) is 0 Å². The van der Waals surface area contributed by atoms with Gasteiger partial charge in [-0.05, 0) is 32.8 Å². The minimum absolute atomic E-state index is 0.303. The minimum Gasteiger partial charge on any atom is -0.480 e. The van der Waals surface area contributed by atoms with Crippen LogP contribution in [-0.4, -0.2) is 22.5 Å². The van der Waals surface area contributed by atoms with E-state index in [-0.39, 0.29) is 5.91 Å². The summed E-state index contributed by atoms with van der Waals surface area (Å²) in [5.41, 5.74) is -0.593. The number of aliphatic carboxylic acids is 1. The minimum atomic E-state index is -1.17. The predicted molar refractivity (Wildman–Crippen MR) is 72.2 cm³/mol. The summed E-state index contributed by atoms with van der Waals surface area (Å²) in [6, 6.07) is 1.80. The zero-order chi connectivity index (χ0) is 13.9.